The fourth-order valence-electron chi connectivity index (χ4n) is 3.86. The molecule has 0 aromatic carbocycles. The quantitative estimate of drug-likeness (QED) is 0.748. The third-order valence-electron chi connectivity index (χ3n) is 5.16. The summed E-state index contributed by atoms with van der Waals surface area (Å²) in [4.78, 5) is 16.3. The van der Waals surface area contributed by atoms with Gasteiger partial charge in [0.25, 0.3) is 0 Å². The zero-order valence-electron chi connectivity index (χ0n) is 16.1. The molecule has 1 saturated heterocycles. The molecule has 3 aromatic rings. The van der Waals surface area contributed by atoms with Crippen molar-refractivity contribution >= 4 is 11.5 Å². The molecular formula is C20H27N7. The van der Waals surface area contributed by atoms with E-state index in [1.807, 2.05) is 31.5 Å². The van der Waals surface area contributed by atoms with Crippen LogP contribution in [0.15, 0.2) is 24.5 Å². The van der Waals surface area contributed by atoms with Crippen LogP contribution in [0.3, 0.4) is 0 Å². The molecule has 0 saturated carbocycles. The smallest absolute Gasteiger partial charge is 0.157 e. The lowest BCUT2D eigenvalue weighted by atomic mass is 9.94. The van der Waals surface area contributed by atoms with Crippen molar-refractivity contribution in [1.82, 2.24) is 29.5 Å². The summed E-state index contributed by atoms with van der Waals surface area (Å²) in [6.07, 6.45) is 8.25. The standard InChI is InChI=1S/C20H27N7/c1-3-5-19-22-10-15(11-23-19)12-26-7-4-6-16(13-26)17-9-18(21)27-20(24-17)8-14(2)25-27/h8-11,16H,3-7,12-13,21H2,1-2H3/t16-/m1/s1. The molecule has 1 atom stereocenters. The summed E-state index contributed by atoms with van der Waals surface area (Å²) in [5.41, 5.74) is 10.2. The Bertz CT molecular complexity index is 916. The topological polar surface area (TPSA) is 85.2 Å². The summed E-state index contributed by atoms with van der Waals surface area (Å²) in [6, 6.07) is 3.96. The minimum absolute atomic E-state index is 0.390. The third kappa shape index (κ3) is 3.93. The molecule has 27 heavy (non-hydrogen) atoms. The van der Waals surface area contributed by atoms with Gasteiger partial charge in [-0.15, -0.1) is 0 Å². The second-order valence-electron chi connectivity index (χ2n) is 7.49. The number of rotatable bonds is 5. The first-order chi connectivity index (χ1) is 13.1. The van der Waals surface area contributed by atoms with Crippen LogP contribution in [-0.2, 0) is 13.0 Å². The summed E-state index contributed by atoms with van der Waals surface area (Å²) >= 11 is 0. The summed E-state index contributed by atoms with van der Waals surface area (Å²) in [6.45, 7) is 7.06. The van der Waals surface area contributed by atoms with E-state index in [-0.39, 0.29) is 0 Å². The van der Waals surface area contributed by atoms with Gasteiger partial charge in [0.15, 0.2) is 5.65 Å². The van der Waals surface area contributed by atoms with Gasteiger partial charge in [-0.25, -0.2) is 15.0 Å². The number of aromatic nitrogens is 5. The molecule has 7 nitrogen and oxygen atoms in total. The average Bonchev–Trinajstić information content (AvgIpc) is 3.05. The lowest BCUT2D eigenvalue weighted by Crippen LogP contribution is -2.34. The first-order valence-corrected chi connectivity index (χ1v) is 9.77. The van der Waals surface area contributed by atoms with Gasteiger partial charge in [-0.2, -0.15) is 9.61 Å². The summed E-state index contributed by atoms with van der Waals surface area (Å²) in [5.74, 6) is 1.98. The van der Waals surface area contributed by atoms with Crippen LogP contribution in [0, 0.1) is 6.92 Å². The molecule has 2 N–H and O–H groups in total. The Hall–Kier alpha value is -2.54. The summed E-state index contributed by atoms with van der Waals surface area (Å²) in [7, 11) is 0. The second-order valence-corrected chi connectivity index (χ2v) is 7.49. The number of nitrogen functional groups attached to an aromatic ring is 1. The monoisotopic (exact) mass is 365 g/mol. The van der Waals surface area contributed by atoms with Gasteiger partial charge in [0, 0.05) is 55.5 Å². The third-order valence-corrected chi connectivity index (χ3v) is 5.16. The van der Waals surface area contributed by atoms with Gasteiger partial charge >= 0.3 is 0 Å². The number of hydrogen-bond donors (Lipinski definition) is 1. The van der Waals surface area contributed by atoms with Crippen LogP contribution in [0.2, 0.25) is 0 Å². The fraction of sp³-hybridized carbons (Fsp3) is 0.500. The van der Waals surface area contributed by atoms with Gasteiger partial charge in [0.05, 0.1) is 11.4 Å². The van der Waals surface area contributed by atoms with Crippen LogP contribution in [0.4, 0.5) is 5.82 Å². The first kappa shape index (κ1) is 17.9. The number of nitrogens with zero attached hydrogens (tertiary/aromatic N) is 6. The van der Waals surface area contributed by atoms with E-state index in [2.05, 4.69) is 26.9 Å². The molecule has 0 unspecified atom stereocenters. The zero-order valence-corrected chi connectivity index (χ0v) is 16.1. The molecule has 3 aromatic heterocycles. The number of fused-ring (bicyclic) bond motifs is 1. The maximum Gasteiger partial charge on any atom is 0.157 e. The SMILES string of the molecule is CCCc1ncc(CN2CCC[C@@H](c3cc(N)n4nc(C)cc4n3)C2)cn1. The first-order valence-electron chi connectivity index (χ1n) is 9.77. The molecule has 4 rings (SSSR count). The molecular weight excluding hydrogens is 338 g/mol. The highest BCUT2D eigenvalue weighted by molar-refractivity contribution is 5.48. The lowest BCUT2D eigenvalue weighted by Gasteiger charge is -2.32. The van der Waals surface area contributed by atoms with Crippen LogP contribution in [-0.4, -0.2) is 42.6 Å². The molecule has 7 heteroatoms. The predicted molar refractivity (Wildman–Crippen MR) is 105 cm³/mol. The molecule has 0 aliphatic carbocycles. The predicted octanol–water partition coefficient (Wildman–Crippen LogP) is 2.74. The van der Waals surface area contributed by atoms with E-state index in [4.69, 9.17) is 10.7 Å². The molecule has 0 radical (unpaired) electrons. The van der Waals surface area contributed by atoms with E-state index in [9.17, 15) is 0 Å². The Morgan fingerprint density at radius 2 is 2.04 bits per heavy atom. The highest BCUT2D eigenvalue weighted by Gasteiger charge is 2.23. The van der Waals surface area contributed by atoms with E-state index >= 15 is 0 Å². The normalized spacial score (nSPS) is 18.2. The number of likely N-dealkylation sites (tertiary alicyclic amines) is 1. The van der Waals surface area contributed by atoms with Gasteiger partial charge in [-0.1, -0.05) is 6.92 Å². The van der Waals surface area contributed by atoms with E-state index < -0.39 is 0 Å². The second kappa shape index (κ2) is 7.60. The van der Waals surface area contributed by atoms with Crippen molar-refractivity contribution in [2.45, 2.75) is 52.0 Å². The molecule has 4 heterocycles. The van der Waals surface area contributed by atoms with E-state index in [0.717, 1.165) is 68.2 Å². The molecule has 142 valence electrons. The van der Waals surface area contributed by atoms with Crippen LogP contribution in [0.25, 0.3) is 5.65 Å². The number of aryl methyl sites for hydroxylation is 2. The van der Waals surface area contributed by atoms with Crippen LogP contribution in [0.1, 0.15) is 54.9 Å². The molecule has 0 spiro atoms. The van der Waals surface area contributed by atoms with Gasteiger partial charge in [0.2, 0.25) is 0 Å². The van der Waals surface area contributed by atoms with Crippen LogP contribution in [0.5, 0.6) is 0 Å². The van der Waals surface area contributed by atoms with Gasteiger partial charge in [0.1, 0.15) is 11.6 Å². The summed E-state index contributed by atoms with van der Waals surface area (Å²) in [5, 5.41) is 4.39. The van der Waals surface area contributed by atoms with Crippen molar-refractivity contribution in [3.05, 3.63) is 47.3 Å². The Kier molecular flexibility index (Phi) is 5.03. The van der Waals surface area contributed by atoms with Crippen molar-refractivity contribution in [3.63, 3.8) is 0 Å². The molecule has 1 aliphatic heterocycles. The van der Waals surface area contributed by atoms with Gasteiger partial charge in [-0.05, 0) is 32.7 Å². The maximum absolute atomic E-state index is 6.20. The van der Waals surface area contributed by atoms with E-state index in [1.54, 1.807) is 4.52 Å². The zero-order chi connectivity index (χ0) is 18.8. The van der Waals surface area contributed by atoms with Crippen molar-refractivity contribution in [2.24, 2.45) is 0 Å². The number of anilines is 1. The Balaban J connectivity index is 1.47. The van der Waals surface area contributed by atoms with Gasteiger partial charge in [-0.3, -0.25) is 4.90 Å². The number of piperidine rings is 1. The van der Waals surface area contributed by atoms with Gasteiger partial charge < -0.3 is 5.73 Å². The molecule has 1 aliphatic rings. The Morgan fingerprint density at radius 3 is 2.81 bits per heavy atom. The maximum atomic E-state index is 6.20. The van der Waals surface area contributed by atoms with Crippen molar-refractivity contribution in [3.8, 4) is 0 Å². The summed E-state index contributed by atoms with van der Waals surface area (Å²) < 4.78 is 1.72. The largest absolute Gasteiger partial charge is 0.384 e. The highest BCUT2D eigenvalue weighted by atomic mass is 15.3. The fourth-order valence-corrected chi connectivity index (χ4v) is 3.86. The van der Waals surface area contributed by atoms with Crippen molar-refractivity contribution < 1.29 is 0 Å². The van der Waals surface area contributed by atoms with Crippen molar-refractivity contribution in [1.29, 1.82) is 0 Å². The van der Waals surface area contributed by atoms with Crippen molar-refractivity contribution in [2.75, 3.05) is 18.8 Å². The molecule has 0 amide bonds. The minimum Gasteiger partial charge on any atom is -0.384 e. The number of nitrogens with two attached hydrogens (primary N) is 1. The number of hydrogen-bond acceptors (Lipinski definition) is 6. The lowest BCUT2D eigenvalue weighted by molar-refractivity contribution is 0.198. The Morgan fingerprint density at radius 1 is 1.22 bits per heavy atom. The van der Waals surface area contributed by atoms with E-state index in [1.165, 1.54) is 5.56 Å². The molecule has 1 fully saturated rings. The van der Waals surface area contributed by atoms with Crippen LogP contribution >= 0.6 is 0 Å². The average molecular weight is 365 g/mol. The highest BCUT2D eigenvalue weighted by Crippen LogP contribution is 2.28. The minimum atomic E-state index is 0.390. The molecule has 0 bridgehead atoms. The van der Waals surface area contributed by atoms with E-state index in [0.29, 0.717) is 11.7 Å². The Labute approximate surface area is 159 Å². The van der Waals surface area contributed by atoms with Crippen LogP contribution < -0.4 is 5.73 Å².